The molecule has 0 radical (unpaired) electrons. The molecule has 0 aliphatic heterocycles. The molecule has 6 nitrogen and oxygen atoms in total. The van der Waals surface area contributed by atoms with Gasteiger partial charge < -0.3 is 5.11 Å². The van der Waals surface area contributed by atoms with Crippen molar-refractivity contribution in [1.82, 2.24) is 19.8 Å². The summed E-state index contributed by atoms with van der Waals surface area (Å²) in [4.78, 5) is 14.8. The molecule has 0 spiro atoms. The standard InChI is InChI=1S/C9H10N4O2/c1-5(2)6-3-10-8-7(9(14)15)11-12-13(8)4-6/h3-5H,1-2H3,(H,14,15). The van der Waals surface area contributed by atoms with E-state index < -0.39 is 5.97 Å². The number of carboxylic acids is 1. The van der Waals surface area contributed by atoms with Gasteiger partial charge in [0.05, 0.1) is 0 Å². The molecular formula is C9H10N4O2. The normalized spacial score (nSPS) is 11.1. The van der Waals surface area contributed by atoms with Gasteiger partial charge >= 0.3 is 5.97 Å². The number of hydrogen-bond acceptors (Lipinski definition) is 4. The maximum absolute atomic E-state index is 10.7. The van der Waals surface area contributed by atoms with Crippen molar-refractivity contribution >= 4 is 11.6 Å². The van der Waals surface area contributed by atoms with Gasteiger partial charge in [-0.1, -0.05) is 19.1 Å². The first-order valence-electron chi connectivity index (χ1n) is 4.54. The molecular weight excluding hydrogens is 196 g/mol. The van der Waals surface area contributed by atoms with Crippen molar-refractivity contribution in [3.63, 3.8) is 0 Å². The molecule has 2 aromatic heterocycles. The zero-order chi connectivity index (χ0) is 11.0. The van der Waals surface area contributed by atoms with Crippen LogP contribution in [0.15, 0.2) is 12.4 Å². The molecule has 0 amide bonds. The van der Waals surface area contributed by atoms with Crippen LogP contribution in [0.2, 0.25) is 0 Å². The minimum atomic E-state index is -1.12. The molecule has 0 atom stereocenters. The van der Waals surface area contributed by atoms with Crippen LogP contribution in [-0.4, -0.2) is 30.9 Å². The van der Waals surface area contributed by atoms with Crippen LogP contribution in [0.1, 0.15) is 35.8 Å². The Morgan fingerprint density at radius 3 is 2.87 bits per heavy atom. The average Bonchev–Trinajstić information content (AvgIpc) is 2.59. The molecule has 6 heteroatoms. The van der Waals surface area contributed by atoms with E-state index in [2.05, 4.69) is 15.3 Å². The second kappa shape index (κ2) is 3.30. The smallest absolute Gasteiger partial charge is 0.360 e. The number of aromatic nitrogens is 4. The molecule has 78 valence electrons. The summed E-state index contributed by atoms with van der Waals surface area (Å²) in [6, 6.07) is 0. The summed E-state index contributed by atoms with van der Waals surface area (Å²) >= 11 is 0. The summed E-state index contributed by atoms with van der Waals surface area (Å²) in [6.45, 7) is 4.05. The van der Waals surface area contributed by atoms with Crippen LogP contribution >= 0.6 is 0 Å². The monoisotopic (exact) mass is 206 g/mol. The molecule has 15 heavy (non-hydrogen) atoms. The van der Waals surface area contributed by atoms with Crippen LogP contribution in [-0.2, 0) is 0 Å². The van der Waals surface area contributed by atoms with E-state index in [9.17, 15) is 4.79 Å². The van der Waals surface area contributed by atoms with E-state index in [0.717, 1.165) is 5.56 Å². The third-order valence-electron chi connectivity index (χ3n) is 2.15. The molecule has 2 rings (SSSR count). The van der Waals surface area contributed by atoms with Gasteiger partial charge in [0.25, 0.3) is 0 Å². The third-order valence-corrected chi connectivity index (χ3v) is 2.15. The summed E-state index contributed by atoms with van der Waals surface area (Å²) in [6.07, 6.45) is 3.39. The lowest BCUT2D eigenvalue weighted by atomic mass is 10.1. The molecule has 1 N–H and O–H groups in total. The fourth-order valence-corrected chi connectivity index (χ4v) is 1.24. The summed E-state index contributed by atoms with van der Waals surface area (Å²) in [5, 5.41) is 16.0. The lowest BCUT2D eigenvalue weighted by Crippen LogP contribution is -2.00. The SMILES string of the molecule is CC(C)c1cnc2c(C(=O)O)nnn2c1. The van der Waals surface area contributed by atoms with Crippen molar-refractivity contribution in [3.8, 4) is 0 Å². The second-order valence-corrected chi connectivity index (χ2v) is 3.55. The fraction of sp³-hybridized carbons (Fsp3) is 0.333. The zero-order valence-corrected chi connectivity index (χ0v) is 8.38. The molecule has 0 aliphatic rings. The third kappa shape index (κ3) is 1.54. The number of carboxylic acid groups (broad SMARTS) is 1. The lowest BCUT2D eigenvalue weighted by Gasteiger charge is -2.03. The zero-order valence-electron chi connectivity index (χ0n) is 8.38. The summed E-state index contributed by atoms with van der Waals surface area (Å²) in [5.74, 6) is -0.797. The first-order valence-corrected chi connectivity index (χ1v) is 4.54. The van der Waals surface area contributed by atoms with Crippen molar-refractivity contribution in [1.29, 1.82) is 0 Å². The molecule has 0 bridgehead atoms. The van der Waals surface area contributed by atoms with Crippen LogP contribution in [0, 0.1) is 0 Å². The van der Waals surface area contributed by atoms with Gasteiger partial charge in [-0.05, 0) is 11.5 Å². The van der Waals surface area contributed by atoms with Crippen molar-refractivity contribution < 1.29 is 9.90 Å². The van der Waals surface area contributed by atoms with E-state index >= 15 is 0 Å². The van der Waals surface area contributed by atoms with E-state index in [1.807, 2.05) is 13.8 Å². The topological polar surface area (TPSA) is 80.4 Å². The van der Waals surface area contributed by atoms with E-state index in [1.54, 1.807) is 12.4 Å². The minimum Gasteiger partial charge on any atom is -0.476 e. The first-order chi connectivity index (χ1) is 7.09. The molecule has 2 heterocycles. The Hall–Kier alpha value is -1.98. The molecule has 0 saturated carbocycles. The van der Waals surface area contributed by atoms with Gasteiger partial charge in [0.1, 0.15) is 0 Å². The Morgan fingerprint density at radius 1 is 1.53 bits per heavy atom. The summed E-state index contributed by atoms with van der Waals surface area (Å²) < 4.78 is 1.39. The summed E-state index contributed by atoms with van der Waals surface area (Å²) in [7, 11) is 0. The number of hydrogen-bond donors (Lipinski definition) is 1. The highest BCUT2D eigenvalue weighted by molar-refractivity contribution is 5.91. The van der Waals surface area contributed by atoms with Crippen molar-refractivity contribution in [2.45, 2.75) is 19.8 Å². The minimum absolute atomic E-state index is 0.120. The van der Waals surface area contributed by atoms with Gasteiger partial charge in [0.15, 0.2) is 5.65 Å². The highest BCUT2D eigenvalue weighted by atomic mass is 16.4. The molecule has 0 aliphatic carbocycles. The average molecular weight is 206 g/mol. The molecule has 0 aromatic carbocycles. The van der Waals surface area contributed by atoms with Crippen LogP contribution in [0.25, 0.3) is 5.65 Å². The van der Waals surface area contributed by atoms with Crippen molar-refractivity contribution in [3.05, 3.63) is 23.7 Å². The van der Waals surface area contributed by atoms with Crippen LogP contribution in [0.5, 0.6) is 0 Å². The van der Waals surface area contributed by atoms with E-state index in [0.29, 0.717) is 5.92 Å². The van der Waals surface area contributed by atoms with Gasteiger partial charge in [-0.3, -0.25) is 0 Å². The number of rotatable bonds is 2. The van der Waals surface area contributed by atoms with Gasteiger partial charge in [-0.2, -0.15) is 0 Å². The maximum Gasteiger partial charge on any atom is 0.360 e. The first kappa shape index (κ1) is 9.57. The van der Waals surface area contributed by atoms with Gasteiger partial charge in [-0.25, -0.2) is 14.3 Å². The molecule has 0 unspecified atom stereocenters. The van der Waals surface area contributed by atoms with Gasteiger partial charge in [0, 0.05) is 12.4 Å². The number of carbonyl (C=O) groups is 1. The Morgan fingerprint density at radius 2 is 2.27 bits per heavy atom. The Bertz CT molecular complexity index is 518. The molecule has 0 saturated heterocycles. The number of aromatic carboxylic acids is 1. The second-order valence-electron chi connectivity index (χ2n) is 3.55. The van der Waals surface area contributed by atoms with E-state index in [1.165, 1.54) is 4.52 Å². The van der Waals surface area contributed by atoms with Crippen molar-refractivity contribution in [2.75, 3.05) is 0 Å². The van der Waals surface area contributed by atoms with Crippen LogP contribution in [0.3, 0.4) is 0 Å². The highest BCUT2D eigenvalue weighted by Gasteiger charge is 2.15. The lowest BCUT2D eigenvalue weighted by molar-refractivity contribution is 0.0692. The number of fused-ring (bicyclic) bond motifs is 1. The van der Waals surface area contributed by atoms with Gasteiger partial charge in [-0.15, -0.1) is 5.10 Å². The Kier molecular flexibility index (Phi) is 2.11. The van der Waals surface area contributed by atoms with Crippen LogP contribution in [0.4, 0.5) is 0 Å². The van der Waals surface area contributed by atoms with Crippen molar-refractivity contribution in [2.24, 2.45) is 0 Å². The maximum atomic E-state index is 10.7. The molecule has 0 fully saturated rings. The van der Waals surface area contributed by atoms with E-state index in [4.69, 9.17) is 5.11 Å². The molecule has 2 aromatic rings. The quantitative estimate of drug-likeness (QED) is 0.791. The Labute approximate surface area is 85.6 Å². The fourth-order valence-electron chi connectivity index (χ4n) is 1.24. The predicted octanol–water partition coefficient (Wildman–Crippen LogP) is 0.946. The largest absolute Gasteiger partial charge is 0.476 e. The Balaban J connectivity index is 2.61. The van der Waals surface area contributed by atoms with Crippen LogP contribution < -0.4 is 0 Å². The van der Waals surface area contributed by atoms with Gasteiger partial charge in [0.2, 0.25) is 5.69 Å². The number of nitrogens with zero attached hydrogens (tertiary/aromatic N) is 4. The highest BCUT2D eigenvalue weighted by Crippen LogP contribution is 2.13. The van der Waals surface area contributed by atoms with E-state index in [-0.39, 0.29) is 11.3 Å². The predicted molar refractivity (Wildman–Crippen MR) is 51.8 cm³/mol. The summed E-state index contributed by atoms with van der Waals surface area (Å²) in [5.41, 5.74) is 1.14.